The van der Waals surface area contributed by atoms with Gasteiger partial charge in [0.05, 0.1) is 7.11 Å². The highest BCUT2D eigenvalue weighted by Gasteiger charge is 2.42. The molecule has 0 unspecified atom stereocenters. The molecule has 0 bridgehead atoms. The first-order valence-electron chi connectivity index (χ1n) is 8.14. The van der Waals surface area contributed by atoms with Crippen molar-refractivity contribution in [2.75, 3.05) is 13.7 Å². The highest BCUT2D eigenvalue weighted by atomic mass is 16.6. The molecular formula is C18H24N2O5. The molecule has 1 heterocycles. The monoisotopic (exact) mass is 348 g/mol. The van der Waals surface area contributed by atoms with E-state index in [9.17, 15) is 14.4 Å². The topological polar surface area (TPSA) is 84.9 Å². The van der Waals surface area contributed by atoms with Crippen molar-refractivity contribution in [3.8, 4) is 0 Å². The highest BCUT2D eigenvalue weighted by Crippen LogP contribution is 2.22. The van der Waals surface area contributed by atoms with Gasteiger partial charge in [-0.25, -0.2) is 9.59 Å². The van der Waals surface area contributed by atoms with Crippen LogP contribution < -0.4 is 5.32 Å². The van der Waals surface area contributed by atoms with E-state index in [1.165, 1.54) is 12.0 Å². The maximum atomic E-state index is 12.4. The molecule has 136 valence electrons. The SMILES string of the molecule is COC(=O)[C@H]1C[C@H](NC(=O)c2ccccc2)CN1C(=O)OC(C)(C)C. The van der Waals surface area contributed by atoms with Crippen LogP contribution in [-0.2, 0) is 14.3 Å². The van der Waals surface area contributed by atoms with Gasteiger partial charge in [-0.2, -0.15) is 0 Å². The van der Waals surface area contributed by atoms with Gasteiger partial charge in [0.2, 0.25) is 0 Å². The van der Waals surface area contributed by atoms with Crippen LogP contribution >= 0.6 is 0 Å². The van der Waals surface area contributed by atoms with Crippen LogP contribution in [0.15, 0.2) is 30.3 Å². The van der Waals surface area contributed by atoms with Gasteiger partial charge in [0, 0.05) is 24.6 Å². The third-order valence-corrected chi connectivity index (χ3v) is 3.77. The molecular weight excluding hydrogens is 324 g/mol. The zero-order valence-corrected chi connectivity index (χ0v) is 14.9. The first kappa shape index (κ1) is 18.8. The van der Waals surface area contributed by atoms with Crippen molar-refractivity contribution < 1.29 is 23.9 Å². The summed E-state index contributed by atoms with van der Waals surface area (Å²) in [5, 5.41) is 2.86. The number of carbonyl (C=O) groups is 3. The van der Waals surface area contributed by atoms with Gasteiger partial charge in [0.25, 0.3) is 5.91 Å². The summed E-state index contributed by atoms with van der Waals surface area (Å²) >= 11 is 0. The first-order chi connectivity index (χ1) is 11.7. The van der Waals surface area contributed by atoms with E-state index in [2.05, 4.69) is 5.32 Å². The Balaban J connectivity index is 2.08. The van der Waals surface area contributed by atoms with Crippen molar-refractivity contribution in [2.24, 2.45) is 0 Å². The van der Waals surface area contributed by atoms with E-state index in [0.29, 0.717) is 5.56 Å². The number of esters is 1. The molecule has 0 aliphatic carbocycles. The molecule has 1 N–H and O–H groups in total. The first-order valence-corrected chi connectivity index (χ1v) is 8.14. The number of rotatable bonds is 3. The predicted molar refractivity (Wildman–Crippen MR) is 91.1 cm³/mol. The van der Waals surface area contributed by atoms with Gasteiger partial charge in [0.15, 0.2) is 0 Å². The van der Waals surface area contributed by atoms with Crippen LogP contribution in [0.2, 0.25) is 0 Å². The number of benzene rings is 1. The number of nitrogens with zero attached hydrogens (tertiary/aromatic N) is 1. The lowest BCUT2D eigenvalue weighted by molar-refractivity contribution is -0.145. The number of amides is 2. The predicted octanol–water partition coefficient (Wildman–Crippen LogP) is 1.97. The maximum Gasteiger partial charge on any atom is 0.411 e. The van der Waals surface area contributed by atoms with E-state index in [0.717, 1.165) is 0 Å². The summed E-state index contributed by atoms with van der Waals surface area (Å²) in [5.41, 5.74) is -0.156. The molecule has 0 spiro atoms. The maximum absolute atomic E-state index is 12.4. The Labute approximate surface area is 147 Å². The van der Waals surface area contributed by atoms with Crippen LogP contribution in [-0.4, -0.2) is 54.2 Å². The van der Waals surface area contributed by atoms with Gasteiger partial charge in [-0.05, 0) is 32.9 Å². The molecule has 2 rings (SSSR count). The zero-order chi connectivity index (χ0) is 18.6. The molecule has 0 aromatic heterocycles. The minimum absolute atomic E-state index is 0.188. The lowest BCUT2D eigenvalue weighted by atomic mass is 10.1. The fourth-order valence-corrected chi connectivity index (χ4v) is 2.68. The van der Waals surface area contributed by atoms with Crippen molar-refractivity contribution in [3.63, 3.8) is 0 Å². The van der Waals surface area contributed by atoms with Crippen molar-refractivity contribution in [1.82, 2.24) is 10.2 Å². The molecule has 1 aromatic carbocycles. The molecule has 7 heteroatoms. The molecule has 7 nitrogen and oxygen atoms in total. The van der Waals surface area contributed by atoms with E-state index in [4.69, 9.17) is 9.47 Å². The number of nitrogens with one attached hydrogen (secondary N) is 1. The van der Waals surface area contributed by atoms with E-state index in [-0.39, 0.29) is 24.9 Å². The summed E-state index contributed by atoms with van der Waals surface area (Å²) in [5.74, 6) is -0.775. The summed E-state index contributed by atoms with van der Waals surface area (Å²) in [6.07, 6.45) is -0.316. The molecule has 2 amide bonds. The Morgan fingerprint density at radius 3 is 2.36 bits per heavy atom. The molecule has 25 heavy (non-hydrogen) atoms. The second kappa shape index (κ2) is 7.55. The Hall–Kier alpha value is -2.57. The standard InChI is InChI=1S/C18H24N2O5/c1-18(2,3)25-17(23)20-11-13(10-14(20)16(22)24-4)19-15(21)12-8-6-5-7-9-12/h5-9,13-14H,10-11H2,1-4H3,(H,19,21)/t13-,14+/m0/s1. The van der Waals surface area contributed by atoms with Gasteiger partial charge in [-0.1, -0.05) is 18.2 Å². The van der Waals surface area contributed by atoms with Crippen LogP contribution in [0.4, 0.5) is 4.79 Å². The normalized spacial score (nSPS) is 20.1. The summed E-state index contributed by atoms with van der Waals surface area (Å²) in [6, 6.07) is 7.64. The fraction of sp³-hybridized carbons (Fsp3) is 0.500. The van der Waals surface area contributed by atoms with Crippen LogP contribution in [0, 0.1) is 0 Å². The Morgan fingerprint density at radius 2 is 1.80 bits per heavy atom. The van der Waals surface area contributed by atoms with E-state index in [1.807, 2.05) is 6.07 Å². The summed E-state index contributed by atoms with van der Waals surface area (Å²) in [7, 11) is 1.27. The summed E-state index contributed by atoms with van der Waals surface area (Å²) < 4.78 is 10.1. The van der Waals surface area contributed by atoms with Crippen LogP contribution in [0.1, 0.15) is 37.6 Å². The van der Waals surface area contributed by atoms with Crippen LogP contribution in [0.3, 0.4) is 0 Å². The number of hydrogen-bond acceptors (Lipinski definition) is 5. The molecule has 1 aliphatic rings. The number of ether oxygens (including phenoxy) is 2. The molecule has 1 saturated heterocycles. The number of methoxy groups -OCH3 is 1. The van der Waals surface area contributed by atoms with Gasteiger partial charge < -0.3 is 14.8 Å². The summed E-state index contributed by atoms with van der Waals surface area (Å²) in [4.78, 5) is 38.0. The quantitative estimate of drug-likeness (QED) is 0.844. The second-order valence-electron chi connectivity index (χ2n) is 6.94. The molecule has 2 atom stereocenters. The Bertz CT molecular complexity index is 639. The van der Waals surface area contributed by atoms with Crippen LogP contribution in [0.5, 0.6) is 0 Å². The highest BCUT2D eigenvalue weighted by molar-refractivity contribution is 5.94. The van der Waals surface area contributed by atoms with Gasteiger partial charge in [-0.3, -0.25) is 9.69 Å². The zero-order valence-electron chi connectivity index (χ0n) is 14.9. The van der Waals surface area contributed by atoms with Gasteiger partial charge >= 0.3 is 12.1 Å². The van der Waals surface area contributed by atoms with Gasteiger partial charge in [0.1, 0.15) is 11.6 Å². The second-order valence-corrected chi connectivity index (χ2v) is 6.94. The third kappa shape index (κ3) is 4.95. The smallest absolute Gasteiger partial charge is 0.411 e. The fourth-order valence-electron chi connectivity index (χ4n) is 2.68. The van der Waals surface area contributed by atoms with Crippen molar-refractivity contribution in [2.45, 2.75) is 44.9 Å². The summed E-state index contributed by atoms with van der Waals surface area (Å²) in [6.45, 7) is 5.45. The lowest BCUT2D eigenvalue weighted by Gasteiger charge is -2.27. The van der Waals surface area contributed by atoms with E-state index in [1.54, 1.807) is 45.0 Å². The number of hydrogen-bond donors (Lipinski definition) is 1. The minimum Gasteiger partial charge on any atom is -0.467 e. The molecule has 1 fully saturated rings. The molecule has 0 saturated carbocycles. The molecule has 1 aromatic rings. The van der Waals surface area contributed by atoms with Crippen LogP contribution in [0.25, 0.3) is 0 Å². The molecule has 0 radical (unpaired) electrons. The van der Waals surface area contributed by atoms with E-state index >= 15 is 0 Å². The minimum atomic E-state index is -0.777. The molecule has 1 aliphatic heterocycles. The lowest BCUT2D eigenvalue weighted by Crippen LogP contribution is -2.44. The van der Waals surface area contributed by atoms with Crippen molar-refractivity contribution in [3.05, 3.63) is 35.9 Å². The average molecular weight is 348 g/mol. The van der Waals surface area contributed by atoms with E-state index < -0.39 is 23.7 Å². The third-order valence-electron chi connectivity index (χ3n) is 3.77. The number of likely N-dealkylation sites (tertiary alicyclic amines) is 1. The van der Waals surface area contributed by atoms with Crippen molar-refractivity contribution >= 4 is 18.0 Å². The Morgan fingerprint density at radius 1 is 1.16 bits per heavy atom. The average Bonchev–Trinajstić information content (AvgIpc) is 2.97. The number of carbonyl (C=O) groups excluding carboxylic acids is 3. The largest absolute Gasteiger partial charge is 0.467 e. The Kier molecular flexibility index (Phi) is 5.66. The van der Waals surface area contributed by atoms with Crippen molar-refractivity contribution in [1.29, 1.82) is 0 Å². The van der Waals surface area contributed by atoms with Gasteiger partial charge in [-0.15, -0.1) is 0 Å².